The summed E-state index contributed by atoms with van der Waals surface area (Å²) in [4.78, 5) is 0. The summed E-state index contributed by atoms with van der Waals surface area (Å²) in [5.41, 5.74) is 2.73. The first-order chi connectivity index (χ1) is 5.83. The van der Waals surface area contributed by atoms with Crippen LogP contribution in [0.2, 0.25) is 0 Å². The standard InChI is InChI=1S/C8H18N2O2/c1-11-5-7(10-9)8(12-2)6-3-4-6/h6-8,10H,3-5,9H2,1-2H3. The Morgan fingerprint density at radius 2 is 2.17 bits per heavy atom. The fourth-order valence-electron chi connectivity index (χ4n) is 1.53. The first kappa shape index (κ1) is 9.92. The van der Waals surface area contributed by atoms with Gasteiger partial charge in [0.05, 0.1) is 18.8 Å². The second-order valence-electron chi connectivity index (χ2n) is 3.27. The molecule has 4 nitrogen and oxygen atoms in total. The number of hydrogen-bond donors (Lipinski definition) is 2. The zero-order chi connectivity index (χ0) is 8.97. The van der Waals surface area contributed by atoms with Crippen LogP contribution in [0, 0.1) is 5.92 Å². The summed E-state index contributed by atoms with van der Waals surface area (Å²) in [5.74, 6) is 6.06. The molecule has 3 N–H and O–H groups in total. The van der Waals surface area contributed by atoms with Gasteiger partial charge in [-0.3, -0.25) is 11.3 Å². The smallest absolute Gasteiger partial charge is 0.0788 e. The van der Waals surface area contributed by atoms with Crippen molar-refractivity contribution in [3.05, 3.63) is 0 Å². The molecular weight excluding hydrogens is 156 g/mol. The van der Waals surface area contributed by atoms with Gasteiger partial charge >= 0.3 is 0 Å². The van der Waals surface area contributed by atoms with E-state index in [1.54, 1.807) is 14.2 Å². The molecule has 0 aliphatic heterocycles. The molecule has 12 heavy (non-hydrogen) atoms. The Balaban J connectivity index is 2.36. The van der Waals surface area contributed by atoms with Crippen LogP contribution in [0.4, 0.5) is 0 Å². The van der Waals surface area contributed by atoms with E-state index in [4.69, 9.17) is 15.3 Å². The van der Waals surface area contributed by atoms with Crippen LogP contribution < -0.4 is 11.3 Å². The van der Waals surface area contributed by atoms with Crippen LogP contribution >= 0.6 is 0 Å². The molecule has 2 unspecified atom stereocenters. The molecule has 0 bridgehead atoms. The number of methoxy groups -OCH3 is 2. The topological polar surface area (TPSA) is 56.5 Å². The molecule has 4 heteroatoms. The van der Waals surface area contributed by atoms with E-state index < -0.39 is 0 Å². The summed E-state index contributed by atoms with van der Waals surface area (Å²) in [7, 11) is 3.40. The lowest BCUT2D eigenvalue weighted by molar-refractivity contribution is 0.0209. The average Bonchev–Trinajstić information content (AvgIpc) is 2.88. The van der Waals surface area contributed by atoms with E-state index in [1.165, 1.54) is 12.8 Å². The molecule has 1 saturated carbocycles. The number of nitrogens with two attached hydrogens (primary N) is 1. The fraction of sp³-hybridized carbons (Fsp3) is 1.00. The normalized spacial score (nSPS) is 22.2. The monoisotopic (exact) mass is 174 g/mol. The minimum atomic E-state index is 0.118. The minimum absolute atomic E-state index is 0.118. The molecule has 0 heterocycles. The van der Waals surface area contributed by atoms with Crippen molar-refractivity contribution >= 4 is 0 Å². The van der Waals surface area contributed by atoms with E-state index in [1.807, 2.05) is 0 Å². The van der Waals surface area contributed by atoms with E-state index in [2.05, 4.69) is 5.43 Å². The van der Waals surface area contributed by atoms with Crippen LogP contribution in [0.25, 0.3) is 0 Å². The Labute approximate surface area is 73.4 Å². The van der Waals surface area contributed by atoms with Gasteiger partial charge in [-0.15, -0.1) is 0 Å². The Hall–Kier alpha value is -0.160. The highest BCUT2D eigenvalue weighted by Crippen LogP contribution is 2.35. The van der Waals surface area contributed by atoms with Crippen molar-refractivity contribution in [2.24, 2.45) is 11.8 Å². The number of nitrogens with one attached hydrogen (secondary N) is 1. The first-order valence-electron chi connectivity index (χ1n) is 4.31. The molecule has 1 fully saturated rings. The SMILES string of the molecule is COCC(NN)C(OC)C1CC1. The largest absolute Gasteiger partial charge is 0.383 e. The van der Waals surface area contributed by atoms with Gasteiger partial charge in [0.1, 0.15) is 0 Å². The third-order valence-electron chi connectivity index (χ3n) is 2.32. The van der Waals surface area contributed by atoms with Crippen molar-refractivity contribution in [3.8, 4) is 0 Å². The maximum absolute atomic E-state index is 5.39. The van der Waals surface area contributed by atoms with Crippen molar-refractivity contribution in [1.82, 2.24) is 5.43 Å². The van der Waals surface area contributed by atoms with Gasteiger partial charge in [-0.05, 0) is 18.8 Å². The Morgan fingerprint density at radius 1 is 1.50 bits per heavy atom. The summed E-state index contributed by atoms with van der Waals surface area (Å²) in [5, 5.41) is 0. The van der Waals surface area contributed by atoms with Crippen molar-refractivity contribution in [1.29, 1.82) is 0 Å². The van der Waals surface area contributed by atoms with Gasteiger partial charge < -0.3 is 9.47 Å². The van der Waals surface area contributed by atoms with E-state index in [0.29, 0.717) is 12.5 Å². The highest BCUT2D eigenvalue weighted by molar-refractivity contribution is 4.89. The van der Waals surface area contributed by atoms with Gasteiger partial charge in [0.2, 0.25) is 0 Å². The van der Waals surface area contributed by atoms with Crippen molar-refractivity contribution in [2.75, 3.05) is 20.8 Å². The molecular formula is C8H18N2O2. The minimum Gasteiger partial charge on any atom is -0.383 e. The highest BCUT2D eigenvalue weighted by atomic mass is 16.5. The van der Waals surface area contributed by atoms with Crippen LogP contribution in [0.1, 0.15) is 12.8 Å². The van der Waals surface area contributed by atoms with Gasteiger partial charge in [-0.1, -0.05) is 0 Å². The van der Waals surface area contributed by atoms with E-state index in [0.717, 1.165) is 0 Å². The lowest BCUT2D eigenvalue weighted by Gasteiger charge is -2.24. The number of ether oxygens (including phenoxy) is 2. The van der Waals surface area contributed by atoms with Crippen LogP contribution in [0.5, 0.6) is 0 Å². The lowest BCUT2D eigenvalue weighted by atomic mass is 10.1. The summed E-state index contributed by atoms with van der Waals surface area (Å²) in [6.07, 6.45) is 2.70. The van der Waals surface area contributed by atoms with Crippen molar-refractivity contribution in [2.45, 2.75) is 25.0 Å². The molecule has 1 aliphatic carbocycles. The van der Waals surface area contributed by atoms with Gasteiger partial charge in [0.25, 0.3) is 0 Å². The van der Waals surface area contributed by atoms with Gasteiger partial charge in [0.15, 0.2) is 0 Å². The van der Waals surface area contributed by atoms with Crippen molar-refractivity contribution < 1.29 is 9.47 Å². The molecule has 0 saturated heterocycles. The predicted octanol–water partition coefficient (Wildman–Crippen LogP) is -0.110. The molecule has 0 aromatic rings. The lowest BCUT2D eigenvalue weighted by Crippen LogP contribution is -2.48. The molecule has 0 spiro atoms. The Kier molecular flexibility index (Phi) is 3.94. The third kappa shape index (κ3) is 2.42. The predicted molar refractivity (Wildman–Crippen MR) is 46.5 cm³/mol. The molecule has 2 atom stereocenters. The second kappa shape index (κ2) is 4.77. The summed E-state index contributed by atoms with van der Waals surface area (Å²) < 4.78 is 10.4. The Morgan fingerprint density at radius 3 is 2.50 bits per heavy atom. The number of hydrazine groups is 1. The fourth-order valence-corrected chi connectivity index (χ4v) is 1.53. The maximum atomic E-state index is 5.39. The Bertz CT molecular complexity index is 128. The summed E-state index contributed by atoms with van der Waals surface area (Å²) in [6, 6.07) is 0.118. The number of rotatable bonds is 6. The molecule has 1 aliphatic rings. The molecule has 0 aromatic heterocycles. The highest BCUT2D eigenvalue weighted by Gasteiger charge is 2.36. The van der Waals surface area contributed by atoms with E-state index in [-0.39, 0.29) is 12.1 Å². The summed E-state index contributed by atoms with van der Waals surface area (Å²) >= 11 is 0. The quantitative estimate of drug-likeness (QED) is 0.436. The van der Waals surface area contributed by atoms with Crippen LogP contribution in [-0.2, 0) is 9.47 Å². The molecule has 0 radical (unpaired) electrons. The molecule has 0 amide bonds. The van der Waals surface area contributed by atoms with E-state index >= 15 is 0 Å². The van der Waals surface area contributed by atoms with Gasteiger partial charge in [-0.25, -0.2) is 0 Å². The zero-order valence-electron chi connectivity index (χ0n) is 7.75. The second-order valence-corrected chi connectivity index (χ2v) is 3.27. The molecule has 72 valence electrons. The van der Waals surface area contributed by atoms with Crippen molar-refractivity contribution in [3.63, 3.8) is 0 Å². The van der Waals surface area contributed by atoms with Gasteiger partial charge in [-0.2, -0.15) is 0 Å². The number of hydrogen-bond acceptors (Lipinski definition) is 4. The first-order valence-corrected chi connectivity index (χ1v) is 4.31. The van der Waals surface area contributed by atoms with E-state index in [9.17, 15) is 0 Å². The zero-order valence-corrected chi connectivity index (χ0v) is 7.75. The molecule has 1 rings (SSSR count). The van der Waals surface area contributed by atoms with Crippen LogP contribution in [-0.4, -0.2) is 33.0 Å². The summed E-state index contributed by atoms with van der Waals surface area (Å²) in [6.45, 7) is 0.603. The van der Waals surface area contributed by atoms with Gasteiger partial charge in [0, 0.05) is 14.2 Å². The van der Waals surface area contributed by atoms with Crippen LogP contribution in [0.15, 0.2) is 0 Å². The maximum Gasteiger partial charge on any atom is 0.0788 e. The molecule has 0 aromatic carbocycles. The average molecular weight is 174 g/mol. The van der Waals surface area contributed by atoms with Crippen LogP contribution in [0.3, 0.4) is 0 Å². The third-order valence-corrected chi connectivity index (χ3v) is 2.32.